The van der Waals surface area contributed by atoms with E-state index >= 15 is 0 Å². The fourth-order valence-electron chi connectivity index (χ4n) is 4.73. The average Bonchev–Trinajstić information content (AvgIpc) is 3.17. The largest absolute Gasteiger partial charge is 0.350 e. The predicted octanol–water partition coefficient (Wildman–Crippen LogP) is 4.00. The minimum atomic E-state index is -0.170. The Morgan fingerprint density at radius 1 is 1.08 bits per heavy atom. The lowest BCUT2D eigenvalue weighted by molar-refractivity contribution is 0.173. The van der Waals surface area contributed by atoms with Crippen LogP contribution in [0.1, 0.15) is 37.3 Å². The van der Waals surface area contributed by atoms with Gasteiger partial charge in [-0.1, -0.05) is 24.3 Å². The highest BCUT2D eigenvalue weighted by molar-refractivity contribution is 6.07. The molecule has 2 aromatic rings. The third-order valence-electron chi connectivity index (χ3n) is 5.87. The average molecular weight is 335 g/mol. The van der Waals surface area contributed by atoms with Crippen LogP contribution >= 0.6 is 0 Å². The van der Waals surface area contributed by atoms with E-state index in [1.807, 2.05) is 12.1 Å². The van der Waals surface area contributed by atoms with Crippen LogP contribution in [-0.4, -0.2) is 35.5 Å². The molecular weight excluding hydrogens is 313 g/mol. The van der Waals surface area contributed by atoms with E-state index in [1.54, 1.807) is 12.1 Å². The van der Waals surface area contributed by atoms with Gasteiger partial charge in [0.15, 0.2) is 0 Å². The summed E-state index contributed by atoms with van der Waals surface area (Å²) >= 11 is 0. The Labute approximate surface area is 147 Å². The van der Waals surface area contributed by atoms with E-state index in [1.165, 1.54) is 16.8 Å². The summed E-state index contributed by atoms with van der Waals surface area (Å²) in [5, 5.41) is 0. The number of rotatable bonds is 1. The van der Waals surface area contributed by atoms with Crippen molar-refractivity contribution in [3.05, 3.63) is 65.5 Å². The molecule has 0 bridgehead atoms. The zero-order chi connectivity index (χ0) is 17.2. The molecular formula is C21H22FN3. The van der Waals surface area contributed by atoms with E-state index in [-0.39, 0.29) is 17.5 Å². The lowest BCUT2D eigenvalue weighted by atomic mass is 9.90. The summed E-state index contributed by atoms with van der Waals surface area (Å²) in [6.07, 6.45) is 1.32. The molecule has 2 atom stereocenters. The molecule has 3 aliphatic rings. The van der Waals surface area contributed by atoms with Crippen molar-refractivity contribution >= 4 is 11.5 Å². The molecule has 2 aromatic carbocycles. The van der Waals surface area contributed by atoms with Crippen LogP contribution in [0.4, 0.5) is 10.1 Å². The monoisotopic (exact) mass is 335 g/mol. The summed E-state index contributed by atoms with van der Waals surface area (Å²) in [6.45, 7) is 6.38. The molecule has 1 saturated heterocycles. The zero-order valence-corrected chi connectivity index (χ0v) is 14.6. The van der Waals surface area contributed by atoms with E-state index in [9.17, 15) is 4.39 Å². The molecule has 0 saturated carbocycles. The van der Waals surface area contributed by atoms with Gasteiger partial charge < -0.3 is 9.80 Å². The number of hydrogen-bond acceptors (Lipinski definition) is 3. The van der Waals surface area contributed by atoms with Crippen molar-refractivity contribution in [2.75, 3.05) is 18.0 Å². The smallest absolute Gasteiger partial charge is 0.135 e. The number of fused-ring (bicyclic) bond motifs is 6. The van der Waals surface area contributed by atoms with Crippen molar-refractivity contribution in [2.24, 2.45) is 4.99 Å². The molecule has 0 N–H and O–H groups in total. The second-order valence-electron chi connectivity index (χ2n) is 7.89. The second kappa shape index (κ2) is 5.07. The third kappa shape index (κ3) is 2.06. The molecule has 3 heterocycles. The van der Waals surface area contributed by atoms with Crippen LogP contribution in [0, 0.1) is 5.82 Å². The first-order valence-corrected chi connectivity index (χ1v) is 9.01. The first-order chi connectivity index (χ1) is 12.1. The fourth-order valence-corrected chi connectivity index (χ4v) is 4.73. The topological polar surface area (TPSA) is 18.8 Å². The van der Waals surface area contributed by atoms with Gasteiger partial charge in [0, 0.05) is 23.7 Å². The minimum Gasteiger partial charge on any atom is -0.350 e. The van der Waals surface area contributed by atoms with Gasteiger partial charge in [0.2, 0.25) is 0 Å². The Hall–Kier alpha value is -2.36. The van der Waals surface area contributed by atoms with Gasteiger partial charge in [-0.05, 0) is 50.1 Å². The fraction of sp³-hybridized carbons (Fsp3) is 0.381. The normalized spacial score (nSPS) is 26.1. The van der Waals surface area contributed by atoms with Crippen LogP contribution in [-0.2, 0) is 0 Å². The number of nitrogens with zero attached hydrogens (tertiary/aromatic N) is 3. The maximum absolute atomic E-state index is 13.4. The van der Waals surface area contributed by atoms with Gasteiger partial charge in [-0.2, -0.15) is 0 Å². The van der Waals surface area contributed by atoms with Crippen LogP contribution in [0.2, 0.25) is 0 Å². The number of para-hydroxylation sites is 1. The Bertz CT molecular complexity index is 856. The van der Waals surface area contributed by atoms with E-state index in [2.05, 4.69) is 47.9 Å². The molecule has 4 heteroatoms. The first kappa shape index (κ1) is 14.9. The summed E-state index contributed by atoms with van der Waals surface area (Å²) in [7, 11) is 0. The highest BCUT2D eigenvalue weighted by Gasteiger charge is 2.51. The lowest BCUT2D eigenvalue weighted by Crippen LogP contribution is -2.60. The van der Waals surface area contributed by atoms with E-state index in [0.717, 1.165) is 25.3 Å². The highest BCUT2D eigenvalue weighted by Crippen LogP contribution is 2.47. The van der Waals surface area contributed by atoms with Crippen molar-refractivity contribution in [1.82, 2.24) is 4.90 Å². The van der Waals surface area contributed by atoms with Gasteiger partial charge in [0.05, 0.1) is 12.1 Å². The molecule has 0 spiro atoms. The molecule has 0 aromatic heterocycles. The van der Waals surface area contributed by atoms with Crippen LogP contribution < -0.4 is 4.90 Å². The van der Waals surface area contributed by atoms with Gasteiger partial charge in [-0.3, -0.25) is 4.99 Å². The summed E-state index contributed by atoms with van der Waals surface area (Å²) in [6, 6.07) is 15.7. The van der Waals surface area contributed by atoms with E-state index < -0.39 is 0 Å². The number of aliphatic imine (C=N–C) groups is 1. The number of hydrogen-bond donors (Lipinski definition) is 0. The van der Waals surface area contributed by atoms with Crippen molar-refractivity contribution in [3.8, 4) is 0 Å². The molecule has 0 amide bonds. The van der Waals surface area contributed by atoms with E-state index in [0.29, 0.717) is 5.92 Å². The van der Waals surface area contributed by atoms with Crippen molar-refractivity contribution in [3.63, 3.8) is 0 Å². The van der Waals surface area contributed by atoms with Crippen LogP contribution in [0.25, 0.3) is 0 Å². The molecule has 3 aliphatic heterocycles. The molecule has 0 radical (unpaired) electrons. The quantitative estimate of drug-likeness (QED) is 0.784. The minimum absolute atomic E-state index is 0.00555. The van der Waals surface area contributed by atoms with Gasteiger partial charge >= 0.3 is 0 Å². The second-order valence-corrected chi connectivity index (χ2v) is 7.89. The molecule has 2 unspecified atom stereocenters. The molecule has 3 nitrogen and oxygen atoms in total. The van der Waals surface area contributed by atoms with Crippen LogP contribution in [0.15, 0.2) is 53.5 Å². The summed E-state index contributed by atoms with van der Waals surface area (Å²) < 4.78 is 13.4. The number of anilines is 1. The maximum Gasteiger partial charge on any atom is 0.135 e. The van der Waals surface area contributed by atoms with Crippen LogP contribution in [0.3, 0.4) is 0 Å². The Kier molecular flexibility index (Phi) is 3.03. The van der Waals surface area contributed by atoms with Gasteiger partial charge in [-0.15, -0.1) is 0 Å². The van der Waals surface area contributed by atoms with Crippen molar-refractivity contribution in [1.29, 1.82) is 0 Å². The first-order valence-electron chi connectivity index (χ1n) is 9.01. The predicted molar refractivity (Wildman–Crippen MR) is 98.7 cm³/mol. The number of amidine groups is 1. The highest BCUT2D eigenvalue weighted by atomic mass is 19.1. The summed E-state index contributed by atoms with van der Waals surface area (Å²) in [5.41, 5.74) is 3.73. The lowest BCUT2D eigenvalue weighted by Gasteiger charge is -2.49. The zero-order valence-electron chi connectivity index (χ0n) is 14.6. The summed E-state index contributed by atoms with van der Waals surface area (Å²) in [4.78, 5) is 9.94. The standard InChI is InChI=1S/C21H22FN3/c1-21(2)13-23-19-17-5-3-4-6-18(17)24-12-11-16(20(24)25(19)21)14-7-9-15(22)10-8-14/h3-10,16,20H,11-13H2,1-2H3. The Balaban J connectivity index is 1.66. The Morgan fingerprint density at radius 3 is 2.64 bits per heavy atom. The molecule has 1 fully saturated rings. The SMILES string of the molecule is CC1(C)CN=C2c3ccccc3N3CCC(c4ccc(F)cc4)C3N21. The maximum atomic E-state index is 13.4. The third-order valence-corrected chi connectivity index (χ3v) is 5.87. The molecule has 0 aliphatic carbocycles. The van der Waals surface area contributed by atoms with Crippen LogP contribution in [0.5, 0.6) is 0 Å². The van der Waals surface area contributed by atoms with Gasteiger partial charge in [0.1, 0.15) is 17.8 Å². The van der Waals surface area contributed by atoms with Crippen molar-refractivity contribution in [2.45, 2.75) is 37.9 Å². The van der Waals surface area contributed by atoms with E-state index in [4.69, 9.17) is 4.99 Å². The van der Waals surface area contributed by atoms with Crippen molar-refractivity contribution < 1.29 is 4.39 Å². The van der Waals surface area contributed by atoms with Gasteiger partial charge in [-0.25, -0.2) is 4.39 Å². The number of benzene rings is 2. The van der Waals surface area contributed by atoms with Gasteiger partial charge in [0.25, 0.3) is 0 Å². The molecule has 5 rings (SSSR count). The number of halogens is 1. The summed E-state index contributed by atoms with van der Waals surface area (Å²) in [5.74, 6) is 1.31. The molecule has 25 heavy (non-hydrogen) atoms. The molecule has 128 valence electrons. The Morgan fingerprint density at radius 2 is 1.84 bits per heavy atom.